The molecule has 0 aromatic carbocycles. The van der Waals surface area contributed by atoms with Crippen LogP contribution in [0.1, 0.15) is 26.2 Å². The Morgan fingerprint density at radius 1 is 1.20 bits per heavy atom. The Morgan fingerprint density at radius 3 is 2.20 bits per heavy atom. The number of aliphatic hydroxyl groups excluding tert-OH is 2. The fourth-order valence-corrected chi connectivity index (χ4v) is 1.02. The van der Waals surface area contributed by atoms with Crippen LogP contribution in [0.4, 0.5) is 0 Å². The predicted octanol–water partition coefficient (Wildman–Crippen LogP) is 0.828. The number of hydrogen-bond acceptors (Lipinski definition) is 3. The average Bonchev–Trinajstić information content (AvgIpc) is 1.85. The van der Waals surface area contributed by atoms with Gasteiger partial charge in [0.25, 0.3) is 0 Å². The van der Waals surface area contributed by atoms with Crippen molar-refractivity contribution >= 4 is 12.6 Å². The number of hydrogen-bond donors (Lipinski definition) is 3. The lowest BCUT2D eigenvalue weighted by Gasteiger charge is -2.09. The normalized spacial score (nSPS) is 16.8. The molecule has 2 nitrogen and oxygen atoms in total. The van der Waals surface area contributed by atoms with Crippen LogP contribution in [0.15, 0.2) is 0 Å². The van der Waals surface area contributed by atoms with E-state index in [9.17, 15) is 0 Å². The Labute approximate surface area is 67.7 Å². The molecule has 0 amide bonds. The Kier molecular flexibility index (Phi) is 6.17. The molecule has 10 heavy (non-hydrogen) atoms. The van der Waals surface area contributed by atoms with Gasteiger partial charge in [0.15, 0.2) is 0 Å². The lowest BCUT2D eigenvalue weighted by atomic mass is 10.1. The zero-order valence-electron chi connectivity index (χ0n) is 6.32. The summed E-state index contributed by atoms with van der Waals surface area (Å²) in [7, 11) is 0. The van der Waals surface area contributed by atoms with Crippen LogP contribution in [0, 0.1) is 0 Å². The van der Waals surface area contributed by atoms with E-state index in [1.807, 2.05) is 0 Å². The maximum atomic E-state index is 9.14. The molecule has 0 fully saturated rings. The van der Waals surface area contributed by atoms with Crippen LogP contribution in [0.5, 0.6) is 0 Å². The Morgan fingerprint density at radius 2 is 1.80 bits per heavy atom. The van der Waals surface area contributed by atoms with Gasteiger partial charge in [-0.15, -0.1) is 0 Å². The maximum Gasteiger partial charge on any atom is 0.0549 e. The van der Waals surface area contributed by atoms with Gasteiger partial charge in [0.2, 0.25) is 0 Å². The summed E-state index contributed by atoms with van der Waals surface area (Å²) < 4.78 is 0. The largest absolute Gasteiger partial charge is 0.393 e. The topological polar surface area (TPSA) is 40.5 Å². The summed E-state index contributed by atoms with van der Waals surface area (Å²) in [5.74, 6) is 0.709. The highest BCUT2D eigenvalue weighted by atomic mass is 32.1. The van der Waals surface area contributed by atoms with Crippen molar-refractivity contribution < 1.29 is 10.2 Å². The molecule has 62 valence electrons. The molecule has 3 heteroatoms. The minimum atomic E-state index is -0.297. The van der Waals surface area contributed by atoms with Crippen molar-refractivity contribution in [3.8, 4) is 0 Å². The molecule has 0 aromatic rings. The van der Waals surface area contributed by atoms with Crippen LogP contribution in [0.2, 0.25) is 0 Å². The SMILES string of the molecule is CC(O)CCC(O)CCS. The highest BCUT2D eigenvalue weighted by Gasteiger charge is 2.03. The molecule has 0 spiro atoms. The summed E-state index contributed by atoms with van der Waals surface area (Å²) in [6, 6.07) is 0. The van der Waals surface area contributed by atoms with Crippen molar-refractivity contribution in [2.24, 2.45) is 0 Å². The number of rotatable bonds is 5. The fraction of sp³-hybridized carbons (Fsp3) is 1.00. The zero-order valence-corrected chi connectivity index (χ0v) is 7.22. The molecule has 0 aromatic heterocycles. The molecule has 0 radical (unpaired) electrons. The van der Waals surface area contributed by atoms with E-state index in [0.717, 1.165) is 6.42 Å². The van der Waals surface area contributed by atoms with Crippen molar-refractivity contribution in [3.63, 3.8) is 0 Å². The van der Waals surface area contributed by atoms with E-state index in [1.54, 1.807) is 6.92 Å². The van der Waals surface area contributed by atoms with Crippen LogP contribution in [0.3, 0.4) is 0 Å². The van der Waals surface area contributed by atoms with Crippen molar-refractivity contribution in [2.45, 2.75) is 38.4 Å². The molecule has 0 saturated heterocycles. The molecule has 0 aliphatic heterocycles. The van der Waals surface area contributed by atoms with Crippen LogP contribution in [0.25, 0.3) is 0 Å². The lowest BCUT2D eigenvalue weighted by Crippen LogP contribution is -2.11. The highest BCUT2D eigenvalue weighted by Crippen LogP contribution is 2.04. The lowest BCUT2D eigenvalue weighted by molar-refractivity contribution is 0.121. The van der Waals surface area contributed by atoms with E-state index in [-0.39, 0.29) is 12.2 Å². The fourth-order valence-electron chi connectivity index (χ4n) is 0.727. The molecular weight excluding hydrogens is 148 g/mol. The highest BCUT2D eigenvalue weighted by molar-refractivity contribution is 7.80. The molecule has 2 atom stereocenters. The van der Waals surface area contributed by atoms with E-state index in [1.165, 1.54) is 0 Å². The second-order valence-corrected chi connectivity index (χ2v) is 3.04. The first kappa shape index (κ1) is 10.3. The summed E-state index contributed by atoms with van der Waals surface area (Å²) in [6.45, 7) is 1.73. The third kappa shape index (κ3) is 6.39. The minimum absolute atomic E-state index is 0.285. The standard InChI is InChI=1S/C7H16O2S/c1-6(8)2-3-7(9)4-5-10/h6-10H,2-5H2,1H3. The van der Waals surface area contributed by atoms with Gasteiger partial charge >= 0.3 is 0 Å². The summed E-state index contributed by atoms with van der Waals surface area (Å²) in [5, 5.41) is 18.0. The third-order valence-corrected chi connectivity index (χ3v) is 1.64. The third-order valence-electron chi connectivity index (χ3n) is 1.38. The van der Waals surface area contributed by atoms with E-state index in [4.69, 9.17) is 10.2 Å². The number of thiol groups is 1. The molecular formula is C7H16O2S. The predicted molar refractivity (Wildman–Crippen MR) is 45.4 cm³/mol. The van der Waals surface area contributed by atoms with Crippen molar-refractivity contribution in [3.05, 3.63) is 0 Å². The van der Waals surface area contributed by atoms with Gasteiger partial charge < -0.3 is 10.2 Å². The summed E-state index contributed by atoms with van der Waals surface area (Å²) in [6.07, 6.45) is 1.49. The summed E-state index contributed by atoms with van der Waals surface area (Å²) in [5.41, 5.74) is 0. The van der Waals surface area contributed by atoms with Gasteiger partial charge in [0, 0.05) is 0 Å². The van der Waals surface area contributed by atoms with Crippen molar-refractivity contribution in [1.29, 1.82) is 0 Å². The Balaban J connectivity index is 3.12. The van der Waals surface area contributed by atoms with E-state index in [2.05, 4.69) is 12.6 Å². The van der Waals surface area contributed by atoms with Gasteiger partial charge in [-0.25, -0.2) is 0 Å². The molecule has 2 unspecified atom stereocenters. The van der Waals surface area contributed by atoms with Crippen LogP contribution in [-0.2, 0) is 0 Å². The van der Waals surface area contributed by atoms with Crippen LogP contribution < -0.4 is 0 Å². The van der Waals surface area contributed by atoms with Gasteiger partial charge in [-0.1, -0.05) is 0 Å². The van der Waals surface area contributed by atoms with Gasteiger partial charge in [-0.05, 0) is 31.9 Å². The Bertz CT molecular complexity index is 76.0. The second kappa shape index (κ2) is 6.01. The maximum absolute atomic E-state index is 9.14. The van der Waals surface area contributed by atoms with Crippen LogP contribution in [-0.4, -0.2) is 28.2 Å². The second-order valence-electron chi connectivity index (χ2n) is 2.59. The van der Waals surface area contributed by atoms with Crippen molar-refractivity contribution in [2.75, 3.05) is 5.75 Å². The molecule has 0 aliphatic rings. The molecule has 0 rings (SSSR count). The monoisotopic (exact) mass is 164 g/mol. The van der Waals surface area contributed by atoms with E-state index < -0.39 is 0 Å². The minimum Gasteiger partial charge on any atom is -0.393 e. The molecule has 0 bridgehead atoms. The molecule has 0 aliphatic carbocycles. The quantitative estimate of drug-likeness (QED) is 0.527. The van der Waals surface area contributed by atoms with Gasteiger partial charge in [0.1, 0.15) is 0 Å². The van der Waals surface area contributed by atoms with Gasteiger partial charge in [-0.2, -0.15) is 12.6 Å². The van der Waals surface area contributed by atoms with E-state index in [0.29, 0.717) is 18.6 Å². The van der Waals surface area contributed by atoms with Gasteiger partial charge in [0.05, 0.1) is 12.2 Å². The summed E-state index contributed by atoms with van der Waals surface area (Å²) >= 11 is 3.98. The van der Waals surface area contributed by atoms with E-state index >= 15 is 0 Å². The van der Waals surface area contributed by atoms with Crippen LogP contribution >= 0.6 is 12.6 Å². The smallest absolute Gasteiger partial charge is 0.0549 e. The first-order chi connectivity index (χ1) is 4.66. The Hall–Kier alpha value is 0.270. The molecule has 0 saturated carbocycles. The first-order valence-corrected chi connectivity index (χ1v) is 4.27. The summed E-state index contributed by atoms with van der Waals surface area (Å²) in [4.78, 5) is 0. The first-order valence-electron chi connectivity index (χ1n) is 3.63. The van der Waals surface area contributed by atoms with Crippen molar-refractivity contribution in [1.82, 2.24) is 0 Å². The molecule has 2 N–H and O–H groups in total. The molecule has 0 heterocycles. The van der Waals surface area contributed by atoms with Gasteiger partial charge in [-0.3, -0.25) is 0 Å². The zero-order chi connectivity index (χ0) is 7.98. The average molecular weight is 164 g/mol. The number of aliphatic hydroxyl groups is 2.